The first kappa shape index (κ1) is 14.8. The highest BCUT2D eigenvalue weighted by molar-refractivity contribution is 5.81. The third-order valence-electron chi connectivity index (χ3n) is 2.85. The number of nitrogens with one attached hydrogen (secondary N) is 1. The van der Waals surface area contributed by atoms with Crippen molar-refractivity contribution >= 4 is 5.91 Å². The van der Waals surface area contributed by atoms with E-state index in [2.05, 4.69) is 19.2 Å². The van der Waals surface area contributed by atoms with Gasteiger partial charge in [0.05, 0.1) is 12.3 Å². The third kappa shape index (κ3) is 5.36. The second-order valence-electron chi connectivity index (χ2n) is 5.26. The SMILES string of the molecule is CC(C)C[C@H](N)C(=O)NC(C)CCc1ccco1. The molecule has 0 aliphatic heterocycles. The maximum atomic E-state index is 11.8. The second-order valence-corrected chi connectivity index (χ2v) is 5.26. The number of furan rings is 1. The van der Waals surface area contributed by atoms with Crippen LogP contribution in [0, 0.1) is 5.92 Å². The molecule has 1 amide bonds. The summed E-state index contributed by atoms with van der Waals surface area (Å²) in [6.07, 6.45) is 4.06. The number of hydrogen-bond donors (Lipinski definition) is 2. The van der Waals surface area contributed by atoms with Gasteiger partial charge in [0, 0.05) is 12.5 Å². The molecule has 1 aromatic heterocycles. The lowest BCUT2D eigenvalue weighted by atomic mass is 10.0. The monoisotopic (exact) mass is 252 g/mol. The van der Waals surface area contributed by atoms with Crippen LogP contribution < -0.4 is 11.1 Å². The molecule has 3 N–H and O–H groups in total. The average molecular weight is 252 g/mol. The zero-order chi connectivity index (χ0) is 13.5. The molecule has 4 nitrogen and oxygen atoms in total. The first-order chi connectivity index (χ1) is 8.49. The number of carbonyl (C=O) groups is 1. The molecule has 0 aliphatic carbocycles. The topological polar surface area (TPSA) is 68.3 Å². The summed E-state index contributed by atoms with van der Waals surface area (Å²) >= 11 is 0. The summed E-state index contributed by atoms with van der Waals surface area (Å²) in [5.41, 5.74) is 5.83. The van der Waals surface area contributed by atoms with Crippen molar-refractivity contribution in [1.82, 2.24) is 5.32 Å². The van der Waals surface area contributed by atoms with Crippen LogP contribution in [0.25, 0.3) is 0 Å². The van der Waals surface area contributed by atoms with Gasteiger partial charge in [0.1, 0.15) is 5.76 Å². The molecule has 0 radical (unpaired) electrons. The summed E-state index contributed by atoms with van der Waals surface area (Å²) in [5, 5.41) is 2.94. The fraction of sp³-hybridized carbons (Fsp3) is 0.643. The maximum absolute atomic E-state index is 11.8. The molecule has 0 saturated carbocycles. The molecule has 0 aliphatic rings. The summed E-state index contributed by atoms with van der Waals surface area (Å²) < 4.78 is 5.25. The van der Waals surface area contributed by atoms with Crippen molar-refractivity contribution in [2.75, 3.05) is 0 Å². The predicted molar refractivity (Wildman–Crippen MR) is 72.1 cm³/mol. The van der Waals surface area contributed by atoms with Gasteiger partial charge in [-0.1, -0.05) is 13.8 Å². The van der Waals surface area contributed by atoms with Crippen LogP contribution in [0.2, 0.25) is 0 Å². The number of carbonyl (C=O) groups excluding carboxylic acids is 1. The van der Waals surface area contributed by atoms with E-state index in [9.17, 15) is 4.79 Å². The van der Waals surface area contributed by atoms with Crippen LogP contribution in [-0.4, -0.2) is 18.0 Å². The van der Waals surface area contributed by atoms with Crippen molar-refractivity contribution in [2.24, 2.45) is 11.7 Å². The molecule has 102 valence electrons. The minimum absolute atomic E-state index is 0.0596. The van der Waals surface area contributed by atoms with E-state index in [-0.39, 0.29) is 11.9 Å². The summed E-state index contributed by atoms with van der Waals surface area (Å²) in [4.78, 5) is 11.8. The summed E-state index contributed by atoms with van der Waals surface area (Å²) in [7, 11) is 0. The van der Waals surface area contributed by atoms with E-state index in [0.29, 0.717) is 5.92 Å². The van der Waals surface area contributed by atoms with Crippen LogP contribution in [0.15, 0.2) is 22.8 Å². The van der Waals surface area contributed by atoms with Crippen LogP contribution in [0.3, 0.4) is 0 Å². The zero-order valence-electron chi connectivity index (χ0n) is 11.5. The van der Waals surface area contributed by atoms with E-state index in [1.165, 1.54) is 0 Å². The van der Waals surface area contributed by atoms with E-state index in [1.54, 1.807) is 6.26 Å². The molecule has 0 fully saturated rings. The van der Waals surface area contributed by atoms with Crippen LogP contribution in [0.5, 0.6) is 0 Å². The van der Waals surface area contributed by atoms with Gasteiger partial charge in [-0.05, 0) is 37.8 Å². The highest BCUT2D eigenvalue weighted by Crippen LogP contribution is 2.07. The minimum Gasteiger partial charge on any atom is -0.469 e. The lowest BCUT2D eigenvalue weighted by Gasteiger charge is -2.18. The Balaban J connectivity index is 2.26. The van der Waals surface area contributed by atoms with Crippen molar-refractivity contribution in [2.45, 2.75) is 52.1 Å². The van der Waals surface area contributed by atoms with Crippen molar-refractivity contribution in [3.05, 3.63) is 24.2 Å². The van der Waals surface area contributed by atoms with Gasteiger partial charge < -0.3 is 15.5 Å². The summed E-state index contributed by atoms with van der Waals surface area (Å²) in [6.45, 7) is 6.11. The second kappa shape index (κ2) is 7.21. The maximum Gasteiger partial charge on any atom is 0.237 e. The highest BCUT2D eigenvalue weighted by atomic mass is 16.3. The Bertz CT molecular complexity index is 347. The standard InChI is InChI=1S/C14H24N2O2/c1-10(2)9-13(15)14(17)16-11(3)6-7-12-5-4-8-18-12/h4-5,8,10-11,13H,6-7,9,15H2,1-3H3,(H,16,17)/t11?,13-/m0/s1. The lowest BCUT2D eigenvalue weighted by Crippen LogP contribution is -2.45. The predicted octanol–water partition coefficient (Wildman–Crippen LogP) is 2.09. The number of amides is 1. The number of hydrogen-bond acceptors (Lipinski definition) is 3. The molecule has 0 bridgehead atoms. The number of aryl methyl sites for hydroxylation is 1. The van der Waals surface area contributed by atoms with Crippen molar-refractivity contribution in [3.8, 4) is 0 Å². The molecular formula is C14H24N2O2. The van der Waals surface area contributed by atoms with Crippen LogP contribution in [-0.2, 0) is 11.2 Å². The molecular weight excluding hydrogens is 228 g/mol. The Morgan fingerprint density at radius 1 is 1.44 bits per heavy atom. The first-order valence-electron chi connectivity index (χ1n) is 6.57. The normalized spacial score (nSPS) is 14.5. The van der Waals surface area contributed by atoms with E-state index >= 15 is 0 Å². The van der Waals surface area contributed by atoms with Gasteiger partial charge in [0.25, 0.3) is 0 Å². The summed E-state index contributed by atoms with van der Waals surface area (Å²) in [6, 6.07) is 3.52. The molecule has 1 unspecified atom stereocenters. The quantitative estimate of drug-likeness (QED) is 0.780. The fourth-order valence-electron chi connectivity index (χ4n) is 1.85. The van der Waals surface area contributed by atoms with Crippen LogP contribution in [0.1, 0.15) is 39.4 Å². The molecule has 1 aromatic rings. The molecule has 1 heterocycles. The van der Waals surface area contributed by atoms with Gasteiger partial charge in [-0.25, -0.2) is 0 Å². The number of rotatable bonds is 7. The van der Waals surface area contributed by atoms with Gasteiger partial charge in [-0.15, -0.1) is 0 Å². The molecule has 4 heteroatoms. The van der Waals surface area contributed by atoms with Gasteiger partial charge in [0.2, 0.25) is 5.91 Å². The van der Waals surface area contributed by atoms with Crippen LogP contribution >= 0.6 is 0 Å². The molecule has 2 atom stereocenters. The molecule has 18 heavy (non-hydrogen) atoms. The number of nitrogens with two attached hydrogens (primary N) is 1. The molecule has 0 spiro atoms. The van der Waals surface area contributed by atoms with E-state index in [0.717, 1.165) is 25.0 Å². The van der Waals surface area contributed by atoms with Crippen molar-refractivity contribution in [1.29, 1.82) is 0 Å². The fourth-order valence-corrected chi connectivity index (χ4v) is 1.85. The van der Waals surface area contributed by atoms with Gasteiger partial charge >= 0.3 is 0 Å². The van der Waals surface area contributed by atoms with E-state index < -0.39 is 6.04 Å². The third-order valence-corrected chi connectivity index (χ3v) is 2.85. The Kier molecular flexibility index (Phi) is 5.92. The van der Waals surface area contributed by atoms with E-state index in [4.69, 9.17) is 10.2 Å². The Morgan fingerprint density at radius 3 is 2.72 bits per heavy atom. The minimum atomic E-state index is -0.406. The van der Waals surface area contributed by atoms with Crippen LogP contribution in [0.4, 0.5) is 0 Å². The highest BCUT2D eigenvalue weighted by Gasteiger charge is 2.16. The van der Waals surface area contributed by atoms with Gasteiger partial charge in [-0.2, -0.15) is 0 Å². The average Bonchev–Trinajstić information content (AvgIpc) is 2.78. The van der Waals surface area contributed by atoms with Crippen molar-refractivity contribution < 1.29 is 9.21 Å². The molecule has 1 rings (SSSR count). The largest absolute Gasteiger partial charge is 0.469 e. The summed E-state index contributed by atoms with van der Waals surface area (Å²) in [5.74, 6) is 1.32. The van der Waals surface area contributed by atoms with E-state index in [1.807, 2.05) is 19.1 Å². The first-order valence-corrected chi connectivity index (χ1v) is 6.57. The smallest absolute Gasteiger partial charge is 0.237 e. The van der Waals surface area contributed by atoms with Gasteiger partial charge in [-0.3, -0.25) is 4.79 Å². The lowest BCUT2D eigenvalue weighted by molar-refractivity contribution is -0.123. The Labute approximate surface area is 109 Å². The Hall–Kier alpha value is -1.29. The van der Waals surface area contributed by atoms with Crippen molar-refractivity contribution in [3.63, 3.8) is 0 Å². The zero-order valence-corrected chi connectivity index (χ0v) is 11.5. The van der Waals surface area contributed by atoms with Gasteiger partial charge in [0.15, 0.2) is 0 Å². The Morgan fingerprint density at radius 2 is 2.17 bits per heavy atom. The molecule has 0 aromatic carbocycles. The molecule has 0 saturated heterocycles.